The second-order valence-corrected chi connectivity index (χ2v) is 4.46. The number of hydrogen-bond acceptors (Lipinski definition) is 3. The maximum atomic E-state index is 5.62. The summed E-state index contributed by atoms with van der Waals surface area (Å²) in [6.07, 6.45) is 3.95. The maximum absolute atomic E-state index is 5.62. The molecule has 2 aliphatic rings. The van der Waals surface area contributed by atoms with Crippen molar-refractivity contribution in [2.24, 2.45) is 5.73 Å². The van der Waals surface area contributed by atoms with Crippen molar-refractivity contribution in [3.8, 4) is 0 Å². The smallest absolute Gasteiger partial charge is 0.0227 e. The molecule has 0 radical (unpaired) electrons. The number of likely N-dealkylation sites (N-methyl/N-ethyl adjacent to an activating group) is 1. The number of rotatable bonds is 2. The maximum Gasteiger partial charge on any atom is 0.0227 e. The van der Waals surface area contributed by atoms with Gasteiger partial charge < -0.3 is 10.6 Å². The van der Waals surface area contributed by atoms with Crippen LogP contribution in [0.5, 0.6) is 0 Å². The minimum Gasteiger partial charge on any atom is -0.330 e. The van der Waals surface area contributed by atoms with Gasteiger partial charge in [-0.05, 0) is 32.9 Å². The van der Waals surface area contributed by atoms with Crippen molar-refractivity contribution in [3.05, 3.63) is 0 Å². The molecule has 2 saturated heterocycles. The molecule has 2 aliphatic heterocycles. The summed E-state index contributed by atoms with van der Waals surface area (Å²) < 4.78 is 0. The lowest BCUT2D eigenvalue weighted by Gasteiger charge is -2.38. The highest BCUT2D eigenvalue weighted by Gasteiger charge is 2.35. The molecule has 0 aromatic heterocycles. The van der Waals surface area contributed by atoms with Gasteiger partial charge >= 0.3 is 0 Å². The zero-order valence-corrected chi connectivity index (χ0v) is 8.58. The van der Waals surface area contributed by atoms with Gasteiger partial charge in [0.2, 0.25) is 0 Å². The Balaban J connectivity index is 1.92. The first-order valence-electron chi connectivity index (χ1n) is 5.45. The fourth-order valence-electron chi connectivity index (χ4n) is 2.82. The minimum absolute atomic E-state index is 0.795. The van der Waals surface area contributed by atoms with Crippen LogP contribution in [0.3, 0.4) is 0 Å². The van der Waals surface area contributed by atoms with Gasteiger partial charge in [0, 0.05) is 31.7 Å². The molecule has 0 amide bonds. The Bertz CT molecular complexity index is 166. The molecule has 0 saturated carbocycles. The molecule has 3 nitrogen and oxygen atoms in total. The molecule has 0 spiro atoms. The molecule has 0 bridgehead atoms. The predicted octanol–water partition coefficient (Wildman–Crippen LogP) is 0.114. The number of fused-ring (bicyclic) bond motifs is 1. The van der Waals surface area contributed by atoms with Crippen molar-refractivity contribution in [2.75, 3.05) is 33.2 Å². The first-order chi connectivity index (χ1) is 6.31. The van der Waals surface area contributed by atoms with Gasteiger partial charge in [-0.2, -0.15) is 0 Å². The van der Waals surface area contributed by atoms with E-state index in [0.717, 1.165) is 18.6 Å². The van der Waals surface area contributed by atoms with Crippen LogP contribution in [0.4, 0.5) is 0 Å². The highest BCUT2D eigenvalue weighted by Crippen LogP contribution is 2.28. The van der Waals surface area contributed by atoms with Gasteiger partial charge in [0.05, 0.1) is 0 Å². The first-order valence-corrected chi connectivity index (χ1v) is 5.45. The zero-order valence-electron chi connectivity index (χ0n) is 8.58. The van der Waals surface area contributed by atoms with Gasteiger partial charge in [-0.15, -0.1) is 0 Å². The zero-order chi connectivity index (χ0) is 9.26. The number of hydrogen-bond donors (Lipinski definition) is 1. The summed E-state index contributed by atoms with van der Waals surface area (Å²) in [6, 6.07) is 1.62. The molecule has 0 aromatic rings. The third kappa shape index (κ3) is 1.87. The molecule has 13 heavy (non-hydrogen) atoms. The van der Waals surface area contributed by atoms with Gasteiger partial charge in [0.1, 0.15) is 0 Å². The molecule has 0 aliphatic carbocycles. The normalized spacial score (nSPS) is 36.5. The van der Waals surface area contributed by atoms with Crippen molar-refractivity contribution in [1.29, 1.82) is 0 Å². The van der Waals surface area contributed by atoms with Gasteiger partial charge in [-0.3, -0.25) is 4.90 Å². The standard InChI is InChI=1S/C10H21N3/c1-12-6-7-13-9(4-5-11)2-3-10(13)8-12/h9-10H,2-8,11H2,1H3. The van der Waals surface area contributed by atoms with Crippen molar-refractivity contribution < 1.29 is 0 Å². The quantitative estimate of drug-likeness (QED) is 0.660. The summed E-state index contributed by atoms with van der Waals surface area (Å²) in [6.45, 7) is 4.61. The summed E-state index contributed by atoms with van der Waals surface area (Å²) in [4.78, 5) is 5.14. The highest BCUT2D eigenvalue weighted by molar-refractivity contribution is 4.92. The second-order valence-electron chi connectivity index (χ2n) is 4.46. The largest absolute Gasteiger partial charge is 0.330 e. The van der Waals surface area contributed by atoms with E-state index in [-0.39, 0.29) is 0 Å². The molecular formula is C10H21N3. The first kappa shape index (κ1) is 9.44. The van der Waals surface area contributed by atoms with E-state index in [1.807, 2.05) is 0 Å². The lowest BCUT2D eigenvalue weighted by atomic mass is 10.1. The summed E-state index contributed by atoms with van der Waals surface area (Å²) >= 11 is 0. The lowest BCUT2D eigenvalue weighted by molar-refractivity contribution is 0.0916. The summed E-state index contributed by atoms with van der Waals surface area (Å²) in [7, 11) is 2.23. The Morgan fingerprint density at radius 2 is 2.15 bits per heavy atom. The van der Waals surface area contributed by atoms with Crippen LogP contribution in [0, 0.1) is 0 Å². The average Bonchev–Trinajstić information content (AvgIpc) is 2.49. The van der Waals surface area contributed by atoms with Crippen LogP contribution in [0.1, 0.15) is 19.3 Å². The minimum atomic E-state index is 0.795. The Morgan fingerprint density at radius 3 is 2.92 bits per heavy atom. The van der Waals surface area contributed by atoms with E-state index < -0.39 is 0 Å². The van der Waals surface area contributed by atoms with Crippen LogP contribution in [0.2, 0.25) is 0 Å². The Morgan fingerprint density at radius 1 is 1.31 bits per heavy atom. The molecule has 2 fully saturated rings. The van der Waals surface area contributed by atoms with Crippen LogP contribution in [-0.4, -0.2) is 55.1 Å². The number of nitrogens with zero attached hydrogens (tertiary/aromatic N) is 2. The summed E-state index contributed by atoms with van der Waals surface area (Å²) in [5.41, 5.74) is 5.62. The highest BCUT2D eigenvalue weighted by atomic mass is 15.3. The fraction of sp³-hybridized carbons (Fsp3) is 1.00. The third-order valence-corrected chi connectivity index (χ3v) is 3.53. The fourth-order valence-corrected chi connectivity index (χ4v) is 2.82. The Labute approximate surface area is 80.9 Å². The Kier molecular flexibility index (Phi) is 2.86. The van der Waals surface area contributed by atoms with Crippen molar-refractivity contribution in [3.63, 3.8) is 0 Å². The summed E-state index contributed by atoms with van der Waals surface area (Å²) in [5, 5.41) is 0. The van der Waals surface area contributed by atoms with E-state index in [9.17, 15) is 0 Å². The van der Waals surface area contributed by atoms with Crippen molar-refractivity contribution >= 4 is 0 Å². The van der Waals surface area contributed by atoms with Crippen LogP contribution in [-0.2, 0) is 0 Å². The topological polar surface area (TPSA) is 32.5 Å². The van der Waals surface area contributed by atoms with Crippen molar-refractivity contribution in [1.82, 2.24) is 9.80 Å². The molecule has 3 heteroatoms. The lowest BCUT2D eigenvalue weighted by Crippen LogP contribution is -2.51. The van der Waals surface area contributed by atoms with Crippen LogP contribution >= 0.6 is 0 Å². The van der Waals surface area contributed by atoms with E-state index >= 15 is 0 Å². The molecule has 2 atom stereocenters. The van der Waals surface area contributed by atoms with Gasteiger partial charge in [0.25, 0.3) is 0 Å². The van der Waals surface area contributed by atoms with Crippen LogP contribution in [0.25, 0.3) is 0 Å². The molecule has 2 N–H and O–H groups in total. The molecule has 76 valence electrons. The third-order valence-electron chi connectivity index (χ3n) is 3.53. The van der Waals surface area contributed by atoms with E-state index in [4.69, 9.17) is 5.73 Å². The molecule has 2 rings (SSSR count). The molecular weight excluding hydrogens is 162 g/mol. The van der Waals surface area contributed by atoms with Gasteiger partial charge in [-0.1, -0.05) is 0 Å². The van der Waals surface area contributed by atoms with Crippen LogP contribution in [0.15, 0.2) is 0 Å². The average molecular weight is 183 g/mol. The second kappa shape index (κ2) is 3.95. The van der Waals surface area contributed by atoms with Crippen LogP contribution < -0.4 is 5.73 Å². The van der Waals surface area contributed by atoms with E-state index in [2.05, 4.69) is 16.8 Å². The summed E-state index contributed by atoms with van der Waals surface area (Å²) in [5.74, 6) is 0. The molecule has 2 unspecified atom stereocenters. The molecule has 2 heterocycles. The number of nitrogens with two attached hydrogens (primary N) is 1. The van der Waals surface area contributed by atoms with Crippen molar-refractivity contribution in [2.45, 2.75) is 31.3 Å². The predicted molar refractivity (Wildman–Crippen MR) is 54.7 cm³/mol. The van der Waals surface area contributed by atoms with E-state index in [0.29, 0.717) is 0 Å². The van der Waals surface area contributed by atoms with Gasteiger partial charge in [0.15, 0.2) is 0 Å². The number of piperazine rings is 1. The SMILES string of the molecule is CN1CCN2C(CCN)CCC2C1. The van der Waals surface area contributed by atoms with E-state index in [1.54, 1.807) is 0 Å². The molecule has 0 aromatic carbocycles. The monoisotopic (exact) mass is 183 g/mol. The Hall–Kier alpha value is -0.120. The van der Waals surface area contributed by atoms with E-state index in [1.165, 1.54) is 38.9 Å². The van der Waals surface area contributed by atoms with Gasteiger partial charge in [-0.25, -0.2) is 0 Å².